The van der Waals surface area contributed by atoms with Crippen LogP contribution in [0.25, 0.3) is 0 Å². The third-order valence-corrected chi connectivity index (χ3v) is 4.21. The summed E-state index contributed by atoms with van der Waals surface area (Å²) in [6.45, 7) is 5.88. The fourth-order valence-corrected chi connectivity index (χ4v) is 2.84. The summed E-state index contributed by atoms with van der Waals surface area (Å²) in [5.74, 6) is 0.152. The Kier molecular flexibility index (Phi) is 4.74. The number of amides is 2. The molecule has 0 bridgehead atoms. The molecule has 0 spiro atoms. The lowest BCUT2D eigenvalue weighted by molar-refractivity contribution is -0.134. The molecule has 120 valence electrons. The molecule has 0 saturated carbocycles. The van der Waals surface area contributed by atoms with E-state index < -0.39 is 0 Å². The number of hydrogen-bond acceptors (Lipinski definition) is 4. The van der Waals surface area contributed by atoms with Crippen LogP contribution < -0.4 is 0 Å². The quantitative estimate of drug-likeness (QED) is 0.827. The lowest BCUT2D eigenvalue weighted by Crippen LogP contribution is -2.53. The smallest absolute Gasteiger partial charge is 0.270 e. The predicted molar refractivity (Wildman–Crippen MR) is 80.5 cm³/mol. The van der Waals surface area contributed by atoms with E-state index in [4.69, 9.17) is 4.74 Å². The number of nitrogens with zero attached hydrogens (tertiary/aromatic N) is 3. The van der Waals surface area contributed by atoms with Gasteiger partial charge in [-0.1, -0.05) is 0 Å². The van der Waals surface area contributed by atoms with Crippen LogP contribution in [0.4, 0.5) is 0 Å². The van der Waals surface area contributed by atoms with Crippen LogP contribution in [-0.2, 0) is 9.53 Å². The summed E-state index contributed by atoms with van der Waals surface area (Å²) in [6.07, 6.45) is 1.75. The van der Waals surface area contributed by atoms with Gasteiger partial charge in [-0.25, -0.2) is 0 Å². The number of morpholine rings is 1. The first kappa shape index (κ1) is 15.1. The predicted octanol–water partition coefficient (Wildman–Crippen LogP) is -0.369. The van der Waals surface area contributed by atoms with E-state index in [0.717, 1.165) is 13.1 Å². The first-order valence-electron chi connectivity index (χ1n) is 7.74. The monoisotopic (exact) mass is 306 g/mol. The molecule has 2 fully saturated rings. The maximum atomic E-state index is 12.3. The van der Waals surface area contributed by atoms with Gasteiger partial charge < -0.3 is 19.5 Å². The van der Waals surface area contributed by atoms with Gasteiger partial charge in [-0.2, -0.15) is 0 Å². The van der Waals surface area contributed by atoms with Crippen molar-refractivity contribution >= 4 is 11.8 Å². The zero-order chi connectivity index (χ0) is 15.4. The lowest BCUT2D eigenvalue weighted by Gasteiger charge is -2.36. The number of ether oxygens (including phenoxy) is 1. The van der Waals surface area contributed by atoms with Crippen molar-refractivity contribution in [2.24, 2.45) is 0 Å². The van der Waals surface area contributed by atoms with E-state index in [1.807, 2.05) is 11.0 Å². The second-order valence-corrected chi connectivity index (χ2v) is 5.65. The van der Waals surface area contributed by atoms with Gasteiger partial charge in [-0.05, 0) is 12.1 Å². The molecule has 2 saturated heterocycles. The summed E-state index contributed by atoms with van der Waals surface area (Å²) in [5.41, 5.74) is 0.605. The minimum atomic E-state index is 0.00489. The van der Waals surface area contributed by atoms with Crippen LogP contribution in [-0.4, -0.2) is 90.5 Å². The van der Waals surface area contributed by atoms with Crippen LogP contribution in [0.1, 0.15) is 10.5 Å². The van der Waals surface area contributed by atoms with Gasteiger partial charge in [0.15, 0.2) is 0 Å². The molecule has 0 aliphatic carbocycles. The van der Waals surface area contributed by atoms with Crippen LogP contribution in [0.2, 0.25) is 0 Å². The molecule has 0 radical (unpaired) electrons. The van der Waals surface area contributed by atoms with E-state index in [1.54, 1.807) is 17.2 Å². The van der Waals surface area contributed by atoms with E-state index in [2.05, 4.69) is 9.88 Å². The Bertz CT molecular complexity index is 503. The maximum Gasteiger partial charge on any atom is 0.270 e. The molecule has 22 heavy (non-hydrogen) atoms. The summed E-state index contributed by atoms with van der Waals surface area (Å²) in [7, 11) is 0. The normalized spacial score (nSPS) is 20.2. The fourth-order valence-electron chi connectivity index (χ4n) is 2.84. The summed E-state index contributed by atoms with van der Waals surface area (Å²) in [4.78, 5) is 33.2. The Morgan fingerprint density at radius 3 is 2.36 bits per heavy atom. The highest BCUT2D eigenvalue weighted by Crippen LogP contribution is 2.08. The molecule has 3 heterocycles. The van der Waals surface area contributed by atoms with Crippen LogP contribution in [0.5, 0.6) is 0 Å². The summed E-state index contributed by atoms with van der Waals surface area (Å²) in [5, 5.41) is 0. The number of H-pyrrole nitrogens is 1. The highest BCUT2D eigenvalue weighted by molar-refractivity contribution is 5.92. The molecule has 2 aliphatic heterocycles. The zero-order valence-corrected chi connectivity index (χ0v) is 12.7. The molecule has 7 heteroatoms. The van der Waals surface area contributed by atoms with Crippen molar-refractivity contribution in [2.75, 3.05) is 59.0 Å². The molecule has 7 nitrogen and oxygen atoms in total. The van der Waals surface area contributed by atoms with E-state index in [0.29, 0.717) is 51.6 Å². The zero-order valence-electron chi connectivity index (χ0n) is 12.7. The topological polar surface area (TPSA) is 68.9 Å². The number of carbonyl (C=O) groups is 2. The van der Waals surface area contributed by atoms with Crippen molar-refractivity contribution in [2.45, 2.75) is 0 Å². The van der Waals surface area contributed by atoms with Crippen molar-refractivity contribution in [3.8, 4) is 0 Å². The van der Waals surface area contributed by atoms with E-state index in [9.17, 15) is 9.59 Å². The second-order valence-electron chi connectivity index (χ2n) is 5.65. The molecule has 1 N–H and O–H groups in total. The largest absolute Gasteiger partial charge is 0.379 e. The van der Waals surface area contributed by atoms with Gasteiger partial charge in [0.25, 0.3) is 5.91 Å². The lowest BCUT2D eigenvalue weighted by atomic mass is 10.2. The number of piperazine rings is 1. The van der Waals surface area contributed by atoms with E-state index in [1.165, 1.54) is 0 Å². The molecule has 0 unspecified atom stereocenters. The summed E-state index contributed by atoms with van der Waals surface area (Å²) < 4.78 is 5.29. The molecular weight excluding hydrogens is 284 g/mol. The van der Waals surface area contributed by atoms with Gasteiger partial charge in [-0.15, -0.1) is 0 Å². The molecule has 2 amide bonds. The number of carbonyl (C=O) groups excluding carboxylic acids is 2. The van der Waals surface area contributed by atoms with Gasteiger partial charge >= 0.3 is 0 Å². The van der Waals surface area contributed by atoms with Crippen LogP contribution in [0.3, 0.4) is 0 Å². The number of rotatable bonds is 3. The molecule has 0 aromatic carbocycles. The van der Waals surface area contributed by atoms with Crippen molar-refractivity contribution in [3.05, 3.63) is 24.0 Å². The second kappa shape index (κ2) is 6.93. The summed E-state index contributed by atoms with van der Waals surface area (Å²) >= 11 is 0. The molecule has 1 aromatic heterocycles. The highest BCUT2D eigenvalue weighted by Gasteiger charge is 2.26. The minimum absolute atomic E-state index is 0.00489. The van der Waals surface area contributed by atoms with Gasteiger partial charge in [-0.3, -0.25) is 14.5 Å². The van der Waals surface area contributed by atoms with Gasteiger partial charge in [0.1, 0.15) is 5.69 Å². The third-order valence-electron chi connectivity index (χ3n) is 4.21. The number of hydrogen-bond donors (Lipinski definition) is 1. The average molecular weight is 306 g/mol. The van der Waals surface area contributed by atoms with Crippen molar-refractivity contribution in [3.63, 3.8) is 0 Å². The first-order chi connectivity index (χ1) is 10.7. The Balaban J connectivity index is 1.46. The molecule has 3 rings (SSSR count). The SMILES string of the molecule is O=C(CN1CCOCC1)N1CCN(C(=O)c2ccc[nH]2)CC1. The minimum Gasteiger partial charge on any atom is -0.379 e. The maximum absolute atomic E-state index is 12.3. The standard InChI is InChI=1S/C15H22N4O3/c20-14(12-17-8-10-22-11-9-17)18-4-6-19(7-5-18)15(21)13-2-1-3-16-13/h1-3,16H,4-12H2. The highest BCUT2D eigenvalue weighted by atomic mass is 16.5. The fraction of sp³-hybridized carbons (Fsp3) is 0.600. The molecule has 2 aliphatic rings. The van der Waals surface area contributed by atoms with Crippen LogP contribution >= 0.6 is 0 Å². The Labute approximate surface area is 129 Å². The first-order valence-corrected chi connectivity index (χ1v) is 7.74. The van der Waals surface area contributed by atoms with E-state index in [-0.39, 0.29) is 11.8 Å². The van der Waals surface area contributed by atoms with Crippen LogP contribution in [0.15, 0.2) is 18.3 Å². The number of aromatic amines is 1. The van der Waals surface area contributed by atoms with Crippen molar-refractivity contribution < 1.29 is 14.3 Å². The van der Waals surface area contributed by atoms with Gasteiger partial charge in [0.2, 0.25) is 5.91 Å². The molecular formula is C15H22N4O3. The van der Waals surface area contributed by atoms with Crippen molar-refractivity contribution in [1.82, 2.24) is 19.7 Å². The van der Waals surface area contributed by atoms with Gasteiger partial charge in [0, 0.05) is 45.5 Å². The Morgan fingerprint density at radius 1 is 1.05 bits per heavy atom. The Hall–Kier alpha value is -1.86. The summed E-state index contributed by atoms with van der Waals surface area (Å²) in [6, 6.07) is 3.59. The van der Waals surface area contributed by atoms with Crippen LogP contribution in [0, 0.1) is 0 Å². The Morgan fingerprint density at radius 2 is 1.73 bits per heavy atom. The van der Waals surface area contributed by atoms with E-state index >= 15 is 0 Å². The van der Waals surface area contributed by atoms with Gasteiger partial charge in [0.05, 0.1) is 19.8 Å². The number of aromatic nitrogens is 1. The molecule has 0 atom stereocenters. The van der Waals surface area contributed by atoms with Crippen molar-refractivity contribution in [1.29, 1.82) is 0 Å². The number of nitrogens with one attached hydrogen (secondary N) is 1. The molecule has 1 aromatic rings. The third kappa shape index (κ3) is 3.48. The average Bonchev–Trinajstić information content (AvgIpc) is 3.10.